The molecule has 0 saturated carbocycles. The molecular formula is C16H25FN2. The number of likely N-dealkylation sites (tertiary alicyclic amines) is 1. The first-order valence-electron chi connectivity index (χ1n) is 7.22. The van der Waals surface area contributed by atoms with Gasteiger partial charge in [0.15, 0.2) is 0 Å². The molecule has 4 unspecified atom stereocenters. The van der Waals surface area contributed by atoms with E-state index in [-0.39, 0.29) is 11.9 Å². The van der Waals surface area contributed by atoms with Crippen molar-refractivity contribution in [3.05, 3.63) is 35.6 Å². The Morgan fingerprint density at radius 2 is 1.89 bits per heavy atom. The Hall–Kier alpha value is -0.930. The molecular weight excluding hydrogens is 239 g/mol. The highest BCUT2D eigenvalue weighted by atomic mass is 19.1. The first-order valence-corrected chi connectivity index (χ1v) is 7.22. The van der Waals surface area contributed by atoms with E-state index in [0.717, 1.165) is 24.6 Å². The van der Waals surface area contributed by atoms with Crippen molar-refractivity contribution in [2.24, 2.45) is 17.6 Å². The van der Waals surface area contributed by atoms with Gasteiger partial charge in [-0.15, -0.1) is 0 Å². The Kier molecular flexibility index (Phi) is 4.58. The molecule has 2 N–H and O–H groups in total. The number of nitrogens with two attached hydrogens (primary N) is 1. The van der Waals surface area contributed by atoms with Gasteiger partial charge < -0.3 is 5.73 Å². The van der Waals surface area contributed by atoms with Crippen LogP contribution < -0.4 is 5.73 Å². The zero-order chi connectivity index (χ0) is 14.0. The van der Waals surface area contributed by atoms with Crippen molar-refractivity contribution >= 4 is 0 Å². The Labute approximate surface area is 115 Å². The number of hydrogen-bond donors (Lipinski definition) is 1. The third-order valence-electron chi connectivity index (χ3n) is 4.45. The second-order valence-corrected chi connectivity index (χ2v) is 6.17. The maximum Gasteiger partial charge on any atom is 0.123 e. The van der Waals surface area contributed by atoms with Crippen molar-refractivity contribution in [1.29, 1.82) is 0 Å². The fraction of sp³-hybridized carbons (Fsp3) is 0.625. The van der Waals surface area contributed by atoms with E-state index in [1.165, 1.54) is 18.6 Å². The number of piperidine rings is 1. The number of benzene rings is 1. The van der Waals surface area contributed by atoms with E-state index in [2.05, 4.69) is 25.7 Å². The average Bonchev–Trinajstić information content (AvgIpc) is 2.36. The minimum atomic E-state index is -0.204. The monoisotopic (exact) mass is 264 g/mol. The van der Waals surface area contributed by atoms with Crippen molar-refractivity contribution in [3.8, 4) is 0 Å². The van der Waals surface area contributed by atoms with Crippen LogP contribution in [0, 0.1) is 17.7 Å². The van der Waals surface area contributed by atoms with Crippen LogP contribution in [0.25, 0.3) is 0 Å². The summed E-state index contributed by atoms with van der Waals surface area (Å²) in [6.45, 7) is 8.87. The van der Waals surface area contributed by atoms with Gasteiger partial charge in [0.2, 0.25) is 0 Å². The smallest absolute Gasteiger partial charge is 0.123 e. The van der Waals surface area contributed by atoms with Crippen LogP contribution >= 0.6 is 0 Å². The summed E-state index contributed by atoms with van der Waals surface area (Å²) < 4.78 is 12.9. The molecule has 1 aromatic rings. The first-order chi connectivity index (χ1) is 8.97. The van der Waals surface area contributed by atoms with Crippen LogP contribution in [0.5, 0.6) is 0 Å². The van der Waals surface area contributed by atoms with Crippen molar-refractivity contribution in [2.75, 3.05) is 13.1 Å². The molecule has 0 amide bonds. The van der Waals surface area contributed by atoms with Gasteiger partial charge in [0.25, 0.3) is 0 Å². The second-order valence-electron chi connectivity index (χ2n) is 6.17. The molecule has 1 saturated heterocycles. The third kappa shape index (κ3) is 3.54. The fourth-order valence-corrected chi connectivity index (χ4v) is 3.14. The van der Waals surface area contributed by atoms with Crippen molar-refractivity contribution in [3.63, 3.8) is 0 Å². The van der Waals surface area contributed by atoms with Gasteiger partial charge in [0, 0.05) is 25.2 Å². The molecule has 1 aliphatic heterocycles. The zero-order valence-corrected chi connectivity index (χ0v) is 12.1. The van der Waals surface area contributed by atoms with E-state index in [9.17, 15) is 4.39 Å². The summed E-state index contributed by atoms with van der Waals surface area (Å²) in [4.78, 5) is 2.48. The lowest BCUT2D eigenvalue weighted by molar-refractivity contribution is 0.0742. The van der Waals surface area contributed by atoms with E-state index in [0.29, 0.717) is 12.0 Å². The molecule has 0 aliphatic carbocycles. The molecule has 0 bridgehead atoms. The summed E-state index contributed by atoms with van der Waals surface area (Å²) >= 11 is 0. The highest BCUT2D eigenvalue weighted by Crippen LogP contribution is 2.28. The van der Waals surface area contributed by atoms with Crippen LogP contribution in [0.2, 0.25) is 0 Å². The van der Waals surface area contributed by atoms with Crippen molar-refractivity contribution in [2.45, 2.75) is 39.3 Å². The molecule has 0 spiro atoms. The molecule has 1 heterocycles. The maximum atomic E-state index is 12.9. The highest BCUT2D eigenvalue weighted by molar-refractivity contribution is 5.19. The lowest BCUT2D eigenvalue weighted by atomic mass is 9.85. The number of hydrogen-bond acceptors (Lipinski definition) is 2. The molecule has 2 nitrogen and oxygen atoms in total. The van der Waals surface area contributed by atoms with Gasteiger partial charge in [-0.05, 0) is 42.9 Å². The average molecular weight is 264 g/mol. The molecule has 1 fully saturated rings. The Bertz CT molecular complexity index is 404. The molecule has 1 aliphatic rings. The summed E-state index contributed by atoms with van der Waals surface area (Å²) in [7, 11) is 0. The second kappa shape index (κ2) is 6.02. The van der Waals surface area contributed by atoms with E-state index < -0.39 is 0 Å². The van der Waals surface area contributed by atoms with E-state index in [1.807, 2.05) is 0 Å². The van der Waals surface area contributed by atoms with Gasteiger partial charge in [-0.1, -0.05) is 26.0 Å². The number of halogens is 1. The van der Waals surface area contributed by atoms with Crippen LogP contribution in [0.1, 0.15) is 38.8 Å². The normalized spacial score (nSPS) is 30.3. The molecule has 3 heteroatoms. The molecule has 0 radical (unpaired) electrons. The van der Waals surface area contributed by atoms with Crippen LogP contribution in [0.3, 0.4) is 0 Å². The molecule has 19 heavy (non-hydrogen) atoms. The maximum absolute atomic E-state index is 12.9. The standard InChI is InChI=1S/C16H25FN2/c1-11-8-12(2)13(3)19(9-11)10-16(18)14-4-6-15(17)7-5-14/h4-7,11-13,16H,8-10,18H2,1-3H3. The van der Waals surface area contributed by atoms with Gasteiger partial charge in [-0.25, -0.2) is 4.39 Å². The minimum absolute atomic E-state index is 0.0412. The minimum Gasteiger partial charge on any atom is -0.323 e. The van der Waals surface area contributed by atoms with E-state index in [1.54, 1.807) is 12.1 Å². The van der Waals surface area contributed by atoms with Crippen LogP contribution in [0.4, 0.5) is 4.39 Å². The summed E-state index contributed by atoms with van der Waals surface area (Å²) in [5.74, 6) is 1.24. The number of nitrogens with zero attached hydrogens (tertiary/aromatic N) is 1. The topological polar surface area (TPSA) is 29.3 Å². The summed E-state index contributed by atoms with van der Waals surface area (Å²) in [6.07, 6.45) is 1.30. The molecule has 4 atom stereocenters. The Balaban J connectivity index is 2.01. The van der Waals surface area contributed by atoms with E-state index >= 15 is 0 Å². The molecule has 1 aromatic carbocycles. The molecule has 2 rings (SSSR count). The van der Waals surface area contributed by atoms with Crippen molar-refractivity contribution in [1.82, 2.24) is 4.90 Å². The van der Waals surface area contributed by atoms with Gasteiger partial charge in [0.1, 0.15) is 5.82 Å². The lowest BCUT2D eigenvalue weighted by Crippen LogP contribution is -2.48. The fourth-order valence-electron chi connectivity index (χ4n) is 3.14. The highest BCUT2D eigenvalue weighted by Gasteiger charge is 2.29. The van der Waals surface area contributed by atoms with Gasteiger partial charge in [-0.3, -0.25) is 4.90 Å². The van der Waals surface area contributed by atoms with Crippen LogP contribution in [-0.2, 0) is 0 Å². The summed E-state index contributed by atoms with van der Waals surface area (Å²) in [6, 6.07) is 7.09. The van der Waals surface area contributed by atoms with Crippen molar-refractivity contribution < 1.29 is 4.39 Å². The van der Waals surface area contributed by atoms with Crippen LogP contribution in [-0.4, -0.2) is 24.0 Å². The number of rotatable bonds is 3. The van der Waals surface area contributed by atoms with Crippen LogP contribution in [0.15, 0.2) is 24.3 Å². The predicted octanol–water partition coefficient (Wildman–Crippen LogP) is 3.19. The van der Waals surface area contributed by atoms with Gasteiger partial charge in [0.05, 0.1) is 0 Å². The zero-order valence-electron chi connectivity index (χ0n) is 12.1. The summed E-state index contributed by atoms with van der Waals surface area (Å²) in [5, 5.41) is 0. The lowest BCUT2D eigenvalue weighted by Gasteiger charge is -2.42. The molecule has 106 valence electrons. The molecule has 0 aromatic heterocycles. The van der Waals surface area contributed by atoms with Gasteiger partial charge in [-0.2, -0.15) is 0 Å². The van der Waals surface area contributed by atoms with Gasteiger partial charge >= 0.3 is 0 Å². The SMILES string of the molecule is CC1CC(C)C(C)N(CC(N)c2ccc(F)cc2)C1. The predicted molar refractivity (Wildman–Crippen MR) is 77.3 cm³/mol. The first kappa shape index (κ1) is 14.5. The largest absolute Gasteiger partial charge is 0.323 e. The third-order valence-corrected chi connectivity index (χ3v) is 4.45. The summed E-state index contributed by atoms with van der Waals surface area (Å²) in [5.41, 5.74) is 7.28. The van der Waals surface area contributed by atoms with E-state index in [4.69, 9.17) is 5.73 Å². The Morgan fingerprint density at radius 3 is 2.53 bits per heavy atom. The Morgan fingerprint density at radius 1 is 1.26 bits per heavy atom. The quantitative estimate of drug-likeness (QED) is 0.908.